The minimum absolute atomic E-state index is 0.0843. The summed E-state index contributed by atoms with van der Waals surface area (Å²) in [5.74, 6) is 0.249. The van der Waals surface area contributed by atoms with Gasteiger partial charge >= 0.3 is 0 Å². The van der Waals surface area contributed by atoms with E-state index < -0.39 is 10.0 Å². The van der Waals surface area contributed by atoms with Crippen molar-refractivity contribution in [3.63, 3.8) is 0 Å². The van der Waals surface area contributed by atoms with Gasteiger partial charge in [0.15, 0.2) is 5.11 Å². The number of aryl methyl sites for hydroxylation is 2. The smallest absolute Gasteiger partial charge is 0.261 e. The van der Waals surface area contributed by atoms with Gasteiger partial charge in [-0.2, -0.15) is 0 Å². The monoisotopic (exact) mass is 527 g/mol. The third-order valence-corrected chi connectivity index (χ3v) is 6.54. The van der Waals surface area contributed by atoms with Crippen LogP contribution in [0.3, 0.4) is 0 Å². The fraction of sp³-hybridized carbons (Fsp3) is 0.231. The molecule has 3 N–H and O–H groups in total. The first-order chi connectivity index (χ1) is 17.2. The van der Waals surface area contributed by atoms with Crippen LogP contribution in [0.2, 0.25) is 0 Å². The summed E-state index contributed by atoms with van der Waals surface area (Å²) in [5.41, 5.74) is 3.37. The van der Waals surface area contributed by atoms with Gasteiger partial charge in [0.1, 0.15) is 12.4 Å². The Morgan fingerprint density at radius 2 is 1.53 bits per heavy atom. The molecule has 8 nitrogen and oxygen atoms in total. The van der Waals surface area contributed by atoms with Crippen LogP contribution in [0.5, 0.6) is 5.75 Å². The van der Waals surface area contributed by atoms with Gasteiger partial charge in [-0.3, -0.25) is 14.8 Å². The first-order valence-corrected chi connectivity index (χ1v) is 13.2. The van der Waals surface area contributed by atoms with Gasteiger partial charge in [0, 0.05) is 23.5 Å². The van der Waals surface area contributed by atoms with Gasteiger partial charge in [0.05, 0.1) is 11.5 Å². The molecule has 0 aliphatic rings. The predicted octanol–water partition coefficient (Wildman–Crippen LogP) is 4.65. The van der Waals surface area contributed by atoms with Crippen LogP contribution in [0.15, 0.2) is 71.6 Å². The fourth-order valence-corrected chi connectivity index (χ4v) is 4.62. The van der Waals surface area contributed by atoms with Crippen molar-refractivity contribution in [2.45, 2.75) is 25.7 Å². The molecule has 0 aliphatic heterocycles. The number of thiocarbonyl (C=S) groups is 1. The molecule has 10 heteroatoms. The van der Waals surface area contributed by atoms with Crippen LogP contribution in [0.4, 0.5) is 11.4 Å². The standard InChI is InChI=1S/C26H29N3O5S2/c1-4-33-13-14-34-23-9-5-20(6-10-23)25(30)28-26(35)27-21-7-11-24(12-8-21)36(31,32)29-22-16-18(2)15-19(3)17-22/h5-12,15-17,29H,4,13-14H2,1-3H3,(H2,27,28,30,35). The highest BCUT2D eigenvalue weighted by Crippen LogP contribution is 2.20. The van der Waals surface area contributed by atoms with Crippen LogP contribution in [0.1, 0.15) is 28.4 Å². The Morgan fingerprint density at radius 1 is 0.889 bits per heavy atom. The minimum atomic E-state index is -3.76. The van der Waals surface area contributed by atoms with Gasteiger partial charge in [0.2, 0.25) is 0 Å². The molecule has 3 aromatic rings. The SMILES string of the molecule is CCOCCOc1ccc(C(=O)NC(=S)Nc2ccc(S(=O)(=O)Nc3cc(C)cc(C)c3)cc2)cc1. The molecule has 3 rings (SSSR count). The van der Waals surface area contributed by atoms with Crippen LogP contribution in [0.25, 0.3) is 0 Å². The van der Waals surface area contributed by atoms with Crippen LogP contribution in [0, 0.1) is 13.8 Å². The zero-order valence-corrected chi connectivity index (χ0v) is 22.0. The van der Waals surface area contributed by atoms with Gasteiger partial charge in [-0.15, -0.1) is 0 Å². The van der Waals surface area contributed by atoms with Gasteiger partial charge in [-0.05, 0) is 105 Å². The maximum atomic E-state index is 12.7. The lowest BCUT2D eigenvalue weighted by molar-refractivity contribution is 0.0977. The normalized spacial score (nSPS) is 11.0. The fourth-order valence-electron chi connectivity index (χ4n) is 3.37. The molecule has 0 saturated heterocycles. The Bertz CT molecular complexity index is 1290. The van der Waals surface area contributed by atoms with Crippen LogP contribution < -0.4 is 20.1 Å². The van der Waals surface area contributed by atoms with Crippen molar-refractivity contribution >= 4 is 44.6 Å². The summed E-state index contributed by atoms with van der Waals surface area (Å²) >= 11 is 5.23. The van der Waals surface area contributed by atoms with E-state index in [1.165, 1.54) is 12.1 Å². The van der Waals surface area contributed by atoms with E-state index in [1.54, 1.807) is 48.5 Å². The third kappa shape index (κ3) is 8.04. The highest BCUT2D eigenvalue weighted by Gasteiger charge is 2.15. The quantitative estimate of drug-likeness (QED) is 0.260. The lowest BCUT2D eigenvalue weighted by Crippen LogP contribution is -2.34. The Labute approximate surface area is 217 Å². The van der Waals surface area contributed by atoms with E-state index in [-0.39, 0.29) is 15.9 Å². The number of carbonyl (C=O) groups is 1. The third-order valence-electron chi connectivity index (χ3n) is 4.94. The van der Waals surface area contributed by atoms with Crippen molar-refractivity contribution in [1.29, 1.82) is 0 Å². The van der Waals surface area contributed by atoms with E-state index in [0.717, 1.165) is 11.1 Å². The van der Waals surface area contributed by atoms with Gasteiger partial charge < -0.3 is 14.8 Å². The predicted molar refractivity (Wildman–Crippen MR) is 145 cm³/mol. The molecule has 0 aliphatic carbocycles. The molecule has 0 bridgehead atoms. The molecule has 0 saturated carbocycles. The number of ether oxygens (including phenoxy) is 2. The average Bonchev–Trinajstić information content (AvgIpc) is 2.81. The topological polar surface area (TPSA) is 106 Å². The Balaban J connectivity index is 1.54. The summed E-state index contributed by atoms with van der Waals surface area (Å²) in [6.07, 6.45) is 0. The Kier molecular flexibility index (Phi) is 9.40. The number of rotatable bonds is 10. The number of hydrogen-bond acceptors (Lipinski definition) is 6. The van der Waals surface area contributed by atoms with E-state index in [4.69, 9.17) is 21.7 Å². The van der Waals surface area contributed by atoms with E-state index in [2.05, 4.69) is 15.4 Å². The summed E-state index contributed by atoms with van der Waals surface area (Å²) < 4.78 is 38.8. The van der Waals surface area contributed by atoms with Crippen molar-refractivity contribution in [2.75, 3.05) is 29.9 Å². The Morgan fingerprint density at radius 3 is 2.14 bits per heavy atom. The minimum Gasteiger partial charge on any atom is -0.491 e. The lowest BCUT2D eigenvalue weighted by Gasteiger charge is -2.12. The molecule has 3 aromatic carbocycles. The molecule has 1 amide bonds. The molecule has 190 valence electrons. The second-order valence-corrected chi connectivity index (χ2v) is 10.1. The van der Waals surface area contributed by atoms with Gasteiger partial charge in [0.25, 0.3) is 15.9 Å². The van der Waals surface area contributed by atoms with Gasteiger partial charge in [-0.25, -0.2) is 8.42 Å². The van der Waals surface area contributed by atoms with Crippen molar-refractivity contribution in [3.8, 4) is 5.75 Å². The number of sulfonamides is 1. The number of carbonyl (C=O) groups excluding carboxylic acids is 1. The summed E-state index contributed by atoms with van der Waals surface area (Å²) in [6, 6.07) is 18.2. The number of hydrogen-bond donors (Lipinski definition) is 3. The molecule has 0 unspecified atom stereocenters. The number of nitrogens with one attached hydrogen (secondary N) is 3. The van der Waals surface area contributed by atoms with Crippen molar-refractivity contribution < 1.29 is 22.7 Å². The van der Waals surface area contributed by atoms with Crippen LogP contribution in [-0.2, 0) is 14.8 Å². The zero-order valence-electron chi connectivity index (χ0n) is 20.3. The van der Waals surface area contributed by atoms with Crippen molar-refractivity contribution in [2.24, 2.45) is 0 Å². The summed E-state index contributed by atoms with van der Waals surface area (Å²) in [6.45, 7) is 7.27. The largest absolute Gasteiger partial charge is 0.491 e. The van der Waals surface area contributed by atoms with E-state index >= 15 is 0 Å². The maximum absolute atomic E-state index is 12.7. The van der Waals surface area contributed by atoms with Crippen LogP contribution >= 0.6 is 12.2 Å². The highest BCUT2D eigenvalue weighted by atomic mass is 32.2. The lowest BCUT2D eigenvalue weighted by atomic mass is 10.1. The van der Waals surface area contributed by atoms with E-state index in [1.807, 2.05) is 26.8 Å². The zero-order chi connectivity index (χ0) is 26.1. The molecular weight excluding hydrogens is 498 g/mol. The average molecular weight is 528 g/mol. The second kappa shape index (κ2) is 12.5. The highest BCUT2D eigenvalue weighted by molar-refractivity contribution is 7.92. The summed E-state index contributed by atoms with van der Waals surface area (Å²) in [5, 5.41) is 5.57. The molecule has 0 spiro atoms. The molecule has 36 heavy (non-hydrogen) atoms. The summed E-state index contributed by atoms with van der Waals surface area (Å²) in [7, 11) is -3.76. The number of anilines is 2. The van der Waals surface area contributed by atoms with E-state index in [9.17, 15) is 13.2 Å². The van der Waals surface area contributed by atoms with E-state index in [0.29, 0.717) is 42.5 Å². The van der Waals surface area contributed by atoms with Crippen molar-refractivity contribution in [1.82, 2.24) is 5.32 Å². The molecule has 0 radical (unpaired) electrons. The number of benzene rings is 3. The molecule has 0 aromatic heterocycles. The van der Waals surface area contributed by atoms with Crippen LogP contribution in [-0.4, -0.2) is 39.3 Å². The summed E-state index contributed by atoms with van der Waals surface area (Å²) in [4.78, 5) is 12.6. The molecular formula is C26H29N3O5S2. The second-order valence-electron chi connectivity index (χ2n) is 7.98. The molecule has 0 atom stereocenters. The molecule has 0 heterocycles. The number of amides is 1. The first kappa shape index (κ1) is 27.1. The Hall–Kier alpha value is -3.47. The maximum Gasteiger partial charge on any atom is 0.261 e. The first-order valence-electron chi connectivity index (χ1n) is 11.3. The van der Waals surface area contributed by atoms with Crippen molar-refractivity contribution in [3.05, 3.63) is 83.4 Å². The van der Waals surface area contributed by atoms with Gasteiger partial charge in [-0.1, -0.05) is 6.07 Å². The molecule has 0 fully saturated rings.